The molecule has 1 aliphatic heterocycles. The molecule has 2 aromatic heterocycles. The molecular weight excluding hydrogens is 364 g/mol. The van der Waals surface area contributed by atoms with Crippen LogP contribution in [0.5, 0.6) is 11.5 Å². The molecule has 27 heavy (non-hydrogen) atoms. The number of allylic oxidation sites excluding steroid dienone is 1. The second-order valence-electron chi connectivity index (χ2n) is 6.08. The van der Waals surface area contributed by atoms with Crippen molar-refractivity contribution in [3.63, 3.8) is 0 Å². The number of hydrogen-bond acceptors (Lipinski definition) is 5. The maximum atomic E-state index is 11.8. The Labute approximate surface area is 164 Å². The summed E-state index contributed by atoms with van der Waals surface area (Å²) in [4.78, 5) is 11.8. The predicted molar refractivity (Wildman–Crippen MR) is 104 cm³/mol. The number of carboxylic acids is 1. The number of benzene rings is 1. The van der Waals surface area contributed by atoms with Gasteiger partial charge in [0.2, 0.25) is 0 Å². The van der Waals surface area contributed by atoms with Crippen LogP contribution in [0.3, 0.4) is 0 Å². The summed E-state index contributed by atoms with van der Waals surface area (Å²) in [5, 5.41) is 17.7. The molecule has 0 bridgehead atoms. The van der Waals surface area contributed by atoms with Gasteiger partial charge in [-0.25, -0.2) is 9.48 Å². The van der Waals surface area contributed by atoms with E-state index in [9.17, 15) is 9.90 Å². The van der Waals surface area contributed by atoms with Gasteiger partial charge in [0.1, 0.15) is 18.1 Å². The van der Waals surface area contributed by atoms with E-state index in [1.807, 2.05) is 16.8 Å². The molecule has 1 aliphatic rings. The first-order valence-corrected chi connectivity index (χ1v) is 9.06. The fraction of sp³-hybridized carbons (Fsp3) is 0.200. The number of fused-ring (bicyclic) bond motifs is 3. The monoisotopic (exact) mass is 385 g/mol. The highest BCUT2D eigenvalue weighted by Crippen LogP contribution is 2.44. The number of aromatic carboxylic acids is 1. The van der Waals surface area contributed by atoms with Crippen molar-refractivity contribution < 1.29 is 23.5 Å². The van der Waals surface area contributed by atoms with Crippen LogP contribution in [0.15, 0.2) is 34.5 Å². The molecule has 0 unspecified atom stereocenters. The number of rotatable bonds is 4. The minimum absolute atomic E-state index is 0.0563. The van der Waals surface area contributed by atoms with Gasteiger partial charge in [-0.15, -0.1) is 0 Å². The van der Waals surface area contributed by atoms with Crippen molar-refractivity contribution in [3.05, 3.63) is 51.4 Å². The van der Waals surface area contributed by atoms with Crippen LogP contribution in [-0.4, -0.2) is 28.0 Å². The van der Waals surface area contributed by atoms with E-state index >= 15 is 0 Å². The highest BCUT2D eigenvalue weighted by Gasteiger charge is 2.31. The van der Waals surface area contributed by atoms with Crippen molar-refractivity contribution in [2.75, 3.05) is 7.11 Å². The van der Waals surface area contributed by atoms with E-state index in [0.717, 1.165) is 5.69 Å². The summed E-state index contributed by atoms with van der Waals surface area (Å²) < 4.78 is 35.7. The Bertz CT molecular complexity index is 1160. The highest BCUT2D eigenvalue weighted by atomic mass is 32.1. The fourth-order valence-electron chi connectivity index (χ4n) is 3.16. The predicted octanol–water partition coefficient (Wildman–Crippen LogP) is 4.62. The lowest BCUT2D eigenvalue weighted by molar-refractivity contribution is 0.0687. The van der Waals surface area contributed by atoms with E-state index in [0.29, 0.717) is 33.9 Å². The van der Waals surface area contributed by atoms with Gasteiger partial charge in [0.15, 0.2) is 5.69 Å². The van der Waals surface area contributed by atoms with Gasteiger partial charge in [0.25, 0.3) is 0 Å². The topological polar surface area (TPSA) is 73.6 Å². The van der Waals surface area contributed by atoms with Gasteiger partial charge in [-0.3, -0.25) is 0 Å². The highest BCUT2D eigenvalue weighted by molar-refractivity contribution is 7.08. The van der Waals surface area contributed by atoms with Crippen LogP contribution in [0.2, 0.25) is 0 Å². The number of carboxylic acid groups (broad SMARTS) is 1. The molecule has 7 heteroatoms. The van der Waals surface area contributed by atoms with Gasteiger partial charge < -0.3 is 14.6 Å². The summed E-state index contributed by atoms with van der Waals surface area (Å²) in [7, 11) is 1.50. The zero-order valence-corrected chi connectivity index (χ0v) is 15.5. The number of thiophene rings is 1. The number of ether oxygens (including phenoxy) is 2. The summed E-state index contributed by atoms with van der Waals surface area (Å²) in [5.74, 6) is -0.170. The van der Waals surface area contributed by atoms with Gasteiger partial charge in [-0.2, -0.15) is 16.4 Å². The van der Waals surface area contributed by atoms with Crippen LogP contribution in [0.1, 0.15) is 39.5 Å². The Balaban J connectivity index is 1.98. The molecule has 0 amide bonds. The van der Waals surface area contributed by atoms with Gasteiger partial charge in [0.05, 0.1) is 24.1 Å². The fourth-order valence-corrected chi connectivity index (χ4v) is 3.77. The molecule has 3 aromatic rings. The van der Waals surface area contributed by atoms with E-state index in [4.69, 9.17) is 13.6 Å². The van der Waals surface area contributed by atoms with Gasteiger partial charge in [0, 0.05) is 26.7 Å². The number of aromatic nitrogens is 2. The smallest absolute Gasteiger partial charge is 0.356 e. The standard InChI is InChI=1S/C20H18N2O4S/c1-11(2)6-12-7-14-17(8-16(12)25-3)26-9-15-18(20(23)24)21-22(19(14)15)13-4-5-27-10-13/h4-8,10H,9H2,1-3H3,(H,23,24)/i1D3. The Morgan fingerprint density at radius 1 is 1.52 bits per heavy atom. The van der Waals surface area contributed by atoms with Crippen LogP contribution < -0.4 is 9.47 Å². The molecule has 1 N–H and O–H groups in total. The van der Waals surface area contributed by atoms with Crippen molar-refractivity contribution in [2.45, 2.75) is 20.4 Å². The van der Waals surface area contributed by atoms with Crippen LogP contribution in [0, 0.1) is 0 Å². The lowest BCUT2D eigenvalue weighted by Gasteiger charge is -2.21. The molecule has 0 aliphatic carbocycles. The number of nitrogens with zero attached hydrogens (tertiary/aromatic N) is 2. The third kappa shape index (κ3) is 2.90. The van der Waals surface area contributed by atoms with Crippen molar-refractivity contribution in [1.82, 2.24) is 9.78 Å². The second-order valence-corrected chi connectivity index (χ2v) is 6.86. The average Bonchev–Trinajstić information content (AvgIpc) is 3.34. The quantitative estimate of drug-likeness (QED) is 0.709. The van der Waals surface area contributed by atoms with Crippen LogP contribution in [0.25, 0.3) is 23.0 Å². The molecule has 4 rings (SSSR count). The lowest BCUT2D eigenvalue weighted by Crippen LogP contribution is -2.10. The zero-order chi connectivity index (χ0) is 21.6. The average molecular weight is 385 g/mol. The van der Waals surface area contributed by atoms with E-state index in [-0.39, 0.29) is 17.9 Å². The molecule has 1 aromatic carbocycles. The first-order chi connectivity index (χ1) is 14.2. The molecule has 0 saturated carbocycles. The zero-order valence-electron chi connectivity index (χ0n) is 17.6. The van der Waals surface area contributed by atoms with Gasteiger partial charge in [-0.05, 0) is 31.3 Å². The van der Waals surface area contributed by atoms with Crippen molar-refractivity contribution in [2.24, 2.45) is 0 Å². The molecule has 3 heterocycles. The normalized spacial score (nSPS) is 15.0. The van der Waals surface area contributed by atoms with Crippen LogP contribution in [-0.2, 0) is 6.61 Å². The van der Waals surface area contributed by atoms with Crippen molar-refractivity contribution >= 4 is 23.4 Å². The third-order valence-corrected chi connectivity index (χ3v) is 4.94. The van der Waals surface area contributed by atoms with Crippen LogP contribution >= 0.6 is 11.3 Å². The number of carbonyl (C=O) groups is 1. The molecular formula is C20H18N2O4S. The van der Waals surface area contributed by atoms with Gasteiger partial charge in [-0.1, -0.05) is 11.6 Å². The van der Waals surface area contributed by atoms with Crippen LogP contribution in [0.4, 0.5) is 0 Å². The maximum absolute atomic E-state index is 11.8. The van der Waals surface area contributed by atoms with Crippen molar-refractivity contribution in [1.29, 1.82) is 0 Å². The Morgan fingerprint density at radius 2 is 2.37 bits per heavy atom. The summed E-state index contributed by atoms with van der Waals surface area (Å²) >= 11 is 1.47. The van der Waals surface area contributed by atoms with E-state index in [1.54, 1.807) is 22.9 Å². The first-order valence-electron chi connectivity index (χ1n) is 9.62. The van der Waals surface area contributed by atoms with Gasteiger partial charge >= 0.3 is 5.97 Å². The molecule has 0 saturated heterocycles. The summed E-state index contributed by atoms with van der Waals surface area (Å²) in [6.45, 7) is -0.649. The third-order valence-electron chi connectivity index (χ3n) is 4.27. The molecule has 138 valence electrons. The molecule has 0 atom stereocenters. The summed E-state index contributed by atoms with van der Waals surface area (Å²) in [6.07, 6.45) is 1.55. The molecule has 0 spiro atoms. The van der Waals surface area contributed by atoms with E-state index < -0.39 is 12.8 Å². The minimum Gasteiger partial charge on any atom is -0.496 e. The molecule has 0 fully saturated rings. The SMILES string of the molecule is [2H]C([2H])([2H])C(C)=Cc1cc2c(cc1OC)OCc1c(C(=O)O)nn(-c3ccsc3)c1-2. The van der Waals surface area contributed by atoms with E-state index in [1.165, 1.54) is 25.4 Å². The second kappa shape index (κ2) is 6.59. The van der Waals surface area contributed by atoms with E-state index in [2.05, 4.69) is 5.10 Å². The summed E-state index contributed by atoms with van der Waals surface area (Å²) in [6, 6.07) is 5.28. The molecule has 0 radical (unpaired) electrons. The Hall–Kier alpha value is -3.06. The number of methoxy groups -OCH3 is 1. The largest absolute Gasteiger partial charge is 0.496 e. The van der Waals surface area contributed by atoms with Crippen molar-refractivity contribution in [3.8, 4) is 28.4 Å². The Kier molecular flexibility index (Phi) is 3.43. The molecule has 6 nitrogen and oxygen atoms in total. The lowest BCUT2D eigenvalue weighted by atomic mass is 9.98. The Morgan fingerprint density at radius 3 is 3.04 bits per heavy atom. The summed E-state index contributed by atoms with van der Waals surface area (Å²) in [5.41, 5.74) is 3.11. The minimum atomic E-state index is -2.24. The maximum Gasteiger partial charge on any atom is 0.356 e. The number of hydrogen-bond donors (Lipinski definition) is 1. The first kappa shape index (κ1) is 14.1.